The third kappa shape index (κ3) is 4.42. The van der Waals surface area contributed by atoms with Gasteiger partial charge in [0, 0.05) is 11.8 Å². The van der Waals surface area contributed by atoms with Crippen LogP contribution in [-0.2, 0) is 0 Å². The van der Waals surface area contributed by atoms with Gasteiger partial charge in [-0.15, -0.1) is 0 Å². The summed E-state index contributed by atoms with van der Waals surface area (Å²) in [5.41, 5.74) is 3.48. The molecule has 0 unspecified atom stereocenters. The number of nitrogens with zero attached hydrogens (tertiary/aromatic N) is 4. The average Bonchev–Trinajstić information content (AvgIpc) is 3.31. The van der Waals surface area contributed by atoms with E-state index in [2.05, 4.69) is 15.0 Å². The third-order valence-corrected chi connectivity index (χ3v) is 5.43. The van der Waals surface area contributed by atoms with Crippen LogP contribution in [0.4, 0.5) is 4.39 Å². The molecule has 1 N–H and O–H groups in total. The molecule has 3 aromatic carbocycles. The summed E-state index contributed by atoms with van der Waals surface area (Å²) in [6.45, 7) is -0.144. The van der Waals surface area contributed by atoms with Crippen molar-refractivity contribution in [1.29, 1.82) is 0 Å². The Bertz CT molecular complexity index is 1370. The predicted octanol–water partition coefficient (Wildman–Crippen LogP) is 5.52. The van der Waals surface area contributed by atoms with E-state index in [1.165, 1.54) is 12.1 Å². The number of benzene rings is 3. The molecule has 7 heteroatoms. The Morgan fingerprint density at radius 2 is 1.56 bits per heavy atom. The van der Waals surface area contributed by atoms with Crippen molar-refractivity contribution in [2.75, 3.05) is 6.61 Å². The molecular formula is C27H21FN4O2. The van der Waals surface area contributed by atoms with Crippen LogP contribution >= 0.6 is 0 Å². The van der Waals surface area contributed by atoms with Crippen LogP contribution in [0.5, 0.6) is 11.8 Å². The predicted molar refractivity (Wildman–Crippen MR) is 127 cm³/mol. The molecule has 0 amide bonds. The number of ether oxygens (including phenoxy) is 1. The summed E-state index contributed by atoms with van der Waals surface area (Å²) >= 11 is 0. The summed E-state index contributed by atoms with van der Waals surface area (Å²) in [6.07, 6.45) is 3.28. The van der Waals surface area contributed by atoms with Crippen LogP contribution in [0.3, 0.4) is 0 Å². The number of halogens is 1. The van der Waals surface area contributed by atoms with Crippen molar-refractivity contribution in [3.05, 3.63) is 115 Å². The first-order chi connectivity index (χ1) is 16.7. The van der Waals surface area contributed by atoms with Gasteiger partial charge in [0.25, 0.3) is 0 Å². The number of aromatic nitrogens is 4. The van der Waals surface area contributed by atoms with Crippen LogP contribution < -0.4 is 4.74 Å². The van der Waals surface area contributed by atoms with E-state index in [0.717, 1.165) is 11.1 Å². The van der Waals surface area contributed by atoms with Crippen molar-refractivity contribution < 1.29 is 14.2 Å². The van der Waals surface area contributed by atoms with Gasteiger partial charge in [-0.1, -0.05) is 48.5 Å². The maximum absolute atomic E-state index is 13.6. The standard InChI is InChI=1S/C27H21FN4O2/c28-21-13-11-20(12-14-21)25-26(32(18-30-25)24(17-33)19-7-3-1-4-8-19)23-15-16-29-27(31-23)34-22-9-5-2-6-10-22/h1-16,18,24,33H,17H2/t24-/m0/s1. The molecule has 2 heterocycles. The number of aliphatic hydroxyl groups is 1. The number of aliphatic hydroxyl groups excluding tert-OH is 1. The molecule has 0 bridgehead atoms. The van der Waals surface area contributed by atoms with E-state index in [9.17, 15) is 9.50 Å². The fourth-order valence-corrected chi connectivity index (χ4v) is 3.81. The SMILES string of the molecule is OC[C@@H](c1ccccc1)n1cnc(-c2ccc(F)cc2)c1-c1ccnc(Oc2ccccc2)n1. The van der Waals surface area contributed by atoms with E-state index in [4.69, 9.17) is 4.74 Å². The highest BCUT2D eigenvalue weighted by atomic mass is 19.1. The Kier molecular flexibility index (Phi) is 6.09. The summed E-state index contributed by atoms with van der Waals surface area (Å²) in [6, 6.07) is 26.6. The Morgan fingerprint density at radius 3 is 2.26 bits per heavy atom. The molecule has 0 aliphatic rings. The number of hydrogen-bond donors (Lipinski definition) is 1. The minimum atomic E-state index is -0.397. The lowest BCUT2D eigenvalue weighted by Crippen LogP contribution is -2.15. The second-order valence-corrected chi connectivity index (χ2v) is 7.60. The molecule has 0 aliphatic carbocycles. The molecule has 168 valence electrons. The first-order valence-electron chi connectivity index (χ1n) is 10.8. The van der Waals surface area contributed by atoms with Crippen LogP contribution in [0, 0.1) is 5.82 Å². The van der Waals surface area contributed by atoms with Crippen molar-refractivity contribution in [3.8, 4) is 34.4 Å². The highest BCUT2D eigenvalue weighted by Gasteiger charge is 2.23. The quantitative estimate of drug-likeness (QED) is 0.352. The average molecular weight is 452 g/mol. The van der Waals surface area contributed by atoms with Gasteiger partial charge < -0.3 is 14.4 Å². The molecule has 5 rings (SSSR count). The molecule has 0 fully saturated rings. The van der Waals surface area contributed by atoms with Crippen LogP contribution in [0.25, 0.3) is 22.6 Å². The number of hydrogen-bond acceptors (Lipinski definition) is 5. The lowest BCUT2D eigenvalue weighted by Gasteiger charge is -2.20. The van der Waals surface area contributed by atoms with Crippen molar-refractivity contribution in [2.45, 2.75) is 6.04 Å². The van der Waals surface area contributed by atoms with E-state index in [-0.39, 0.29) is 18.4 Å². The van der Waals surface area contributed by atoms with Gasteiger partial charge in [0.05, 0.1) is 36.1 Å². The zero-order valence-corrected chi connectivity index (χ0v) is 18.1. The molecule has 6 nitrogen and oxygen atoms in total. The van der Waals surface area contributed by atoms with Crippen LogP contribution in [0.1, 0.15) is 11.6 Å². The second kappa shape index (κ2) is 9.64. The van der Waals surface area contributed by atoms with E-state index in [0.29, 0.717) is 22.8 Å². The van der Waals surface area contributed by atoms with Crippen LogP contribution in [0.2, 0.25) is 0 Å². The van der Waals surface area contributed by atoms with Crippen molar-refractivity contribution in [3.63, 3.8) is 0 Å². The summed E-state index contributed by atoms with van der Waals surface area (Å²) in [4.78, 5) is 13.5. The first-order valence-corrected chi connectivity index (χ1v) is 10.8. The minimum Gasteiger partial charge on any atom is -0.424 e. The zero-order chi connectivity index (χ0) is 23.3. The molecule has 34 heavy (non-hydrogen) atoms. The molecule has 0 saturated carbocycles. The molecule has 0 aliphatic heterocycles. The van der Waals surface area contributed by atoms with Crippen molar-refractivity contribution in [2.24, 2.45) is 0 Å². The summed E-state index contributed by atoms with van der Waals surface area (Å²) in [5, 5.41) is 10.3. The number of para-hydroxylation sites is 1. The minimum absolute atomic E-state index is 0.144. The summed E-state index contributed by atoms with van der Waals surface area (Å²) in [5.74, 6) is 0.285. The molecule has 0 saturated heterocycles. The number of rotatable bonds is 7. The molecule has 5 aromatic rings. The van der Waals surface area contributed by atoms with Gasteiger partial charge in [-0.3, -0.25) is 0 Å². The highest BCUT2D eigenvalue weighted by molar-refractivity contribution is 5.77. The Hall–Kier alpha value is -4.36. The Labute approximate surface area is 196 Å². The molecule has 2 aromatic heterocycles. The van der Waals surface area contributed by atoms with Gasteiger partial charge in [0.15, 0.2) is 0 Å². The molecule has 0 radical (unpaired) electrons. The zero-order valence-electron chi connectivity index (χ0n) is 18.1. The summed E-state index contributed by atoms with van der Waals surface area (Å²) in [7, 11) is 0. The smallest absolute Gasteiger partial charge is 0.322 e. The lowest BCUT2D eigenvalue weighted by molar-refractivity contribution is 0.250. The largest absolute Gasteiger partial charge is 0.424 e. The normalized spacial score (nSPS) is 11.8. The van der Waals surface area contributed by atoms with Crippen molar-refractivity contribution >= 4 is 0 Å². The summed E-state index contributed by atoms with van der Waals surface area (Å²) < 4.78 is 21.3. The fraction of sp³-hybridized carbons (Fsp3) is 0.0741. The molecule has 1 atom stereocenters. The van der Waals surface area contributed by atoms with E-state index in [1.54, 1.807) is 30.7 Å². The first kappa shape index (κ1) is 21.5. The van der Waals surface area contributed by atoms with Gasteiger partial charge in [-0.25, -0.2) is 14.4 Å². The maximum atomic E-state index is 13.6. The maximum Gasteiger partial charge on any atom is 0.322 e. The Balaban J connectivity index is 1.64. The molecule has 0 spiro atoms. The van der Waals surface area contributed by atoms with Crippen LogP contribution in [0.15, 0.2) is 104 Å². The monoisotopic (exact) mass is 452 g/mol. The third-order valence-electron chi connectivity index (χ3n) is 5.43. The van der Waals surface area contributed by atoms with Gasteiger partial charge in [-0.05, 0) is 48.0 Å². The van der Waals surface area contributed by atoms with Gasteiger partial charge in [0.1, 0.15) is 11.6 Å². The molecular weight excluding hydrogens is 431 g/mol. The fourth-order valence-electron chi connectivity index (χ4n) is 3.81. The van der Waals surface area contributed by atoms with Crippen LogP contribution in [-0.4, -0.2) is 31.2 Å². The van der Waals surface area contributed by atoms with E-state index in [1.807, 2.05) is 65.2 Å². The Morgan fingerprint density at radius 1 is 0.853 bits per heavy atom. The van der Waals surface area contributed by atoms with E-state index < -0.39 is 6.04 Å². The lowest BCUT2D eigenvalue weighted by atomic mass is 10.0. The van der Waals surface area contributed by atoms with Crippen molar-refractivity contribution in [1.82, 2.24) is 19.5 Å². The topological polar surface area (TPSA) is 73.1 Å². The second-order valence-electron chi connectivity index (χ2n) is 7.60. The number of imidazole rings is 1. The van der Waals surface area contributed by atoms with Gasteiger partial charge in [-0.2, -0.15) is 4.98 Å². The van der Waals surface area contributed by atoms with Gasteiger partial charge >= 0.3 is 6.01 Å². The van der Waals surface area contributed by atoms with E-state index >= 15 is 0 Å². The van der Waals surface area contributed by atoms with Gasteiger partial charge in [0.2, 0.25) is 0 Å². The highest BCUT2D eigenvalue weighted by Crippen LogP contribution is 2.35.